The standard InChI is InChI=1S/C10H18NO/c1-3-7-11(8-4-1)10-6-2-5-9-12-10/h1,10H,2-9H2. The van der Waals surface area contributed by atoms with Crippen molar-refractivity contribution < 1.29 is 4.74 Å². The van der Waals surface area contributed by atoms with Crippen molar-refractivity contribution >= 4 is 0 Å². The first-order valence-corrected chi connectivity index (χ1v) is 5.14. The van der Waals surface area contributed by atoms with E-state index in [4.69, 9.17) is 4.74 Å². The highest BCUT2D eigenvalue weighted by molar-refractivity contribution is 4.79. The van der Waals surface area contributed by atoms with Crippen molar-refractivity contribution in [2.24, 2.45) is 0 Å². The first-order valence-electron chi connectivity index (χ1n) is 5.14. The molecule has 0 N–H and O–H groups in total. The number of nitrogens with zero attached hydrogens (tertiary/aromatic N) is 1. The van der Waals surface area contributed by atoms with Gasteiger partial charge in [-0.2, -0.15) is 0 Å². The summed E-state index contributed by atoms with van der Waals surface area (Å²) in [5, 5.41) is 0. The molecule has 2 aliphatic heterocycles. The van der Waals surface area contributed by atoms with E-state index in [1.807, 2.05) is 0 Å². The van der Waals surface area contributed by atoms with Crippen LogP contribution < -0.4 is 0 Å². The van der Waals surface area contributed by atoms with Gasteiger partial charge < -0.3 is 4.74 Å². The maximum Gasteiger partial charge on any atom is 0.110 e. The number of rotatable bonds is 1. The Kier molecular flexibility index (Phi) is 3.01. The van der Waals surface area contributed by atoms with Crippen LogP contribution in [0.1, 0.15) is 32.1 Å². The summed E-state index contributed by atoms with van der Waals surface area (Å²) in [6.07, 6.45) is 9.20. The van der Waals surface area contributed by atoms with E-state index in [2.05, 4.69) is 11.3 Å². The van der Waals surface area contributed by atoms with Crippen LogP contribution in [-0.2, 0) is 4.74 Å². The largest absolute Gasteiger partial charge is 0.363 e. The molecule has 0 spiro atoms. The van der Waals surface area contributed by atoms with Crippen molar-refractivity contribution in [3.63, 3.8) is 0 Å². The van der Waals surface area contributed by atoms with Crippen molar-refractivity contribution in [3.8, 4) is 0 Å². The highest BCUT2D eigenvalue weighted by Crippen LogP contribution is 2.19. The number of piperidine rings is 1. The molecule has 2 saturated heterocycles. The van der Waals surface area contributed by atoms with Crippen LogP contribution in [0.2, 0.25) is 0 Å². The molecular weight excluding hydrogens is 150 g/mol. The third-order valence-corrected chi connectivity index (χ3v) is 2.80. The monoisotopic (exact) mass is 168 g/mol. The predicted molar refractivity (Wildman–Crippen MR) is 48.7 cm³/mol. The van der Waals surface area contributed by atoms with Gasteiger partial charge in [0.05, 0.1) is 0 Å². The maximum atomic E-state index is 5.73. The van der Waals surface area contributed by atoms with Gasteiger partial charge in [0, 0.05) is 19.7 Å². The zero-order valence-corrected chi connectivity index (χ0v) is 7.67. The summed E-state index contributed by atoms with van der Waals surface area (Å²) >= 11 is 0. The molecular formula is C10H18NO. The van der Waals surface area contributed by atoms with Crippen LogP contribution in [0.4, 0.5) is 0 Å². The Morgan fingerprint density at radius 3 is 2.67 bits per heavy atom. The summed E-state index contributed by atoms with van der Waals surface area (Å²) in [6.45, 7) is 3.40. The van der Waals surface area contributed by atoms with Crippen molar-refractivity contribution in [1.82, 2.24) is 4.90 Å². The van der Waals surface area contributed by atoms with Gasteiger partial charge in [0.2, 0.25) is 0 Å². The molecule has 1 radical (unpaired) electrons. The Morgan fingerprint density at radius 1 is 1.17 bits per heavy atom. The molecule has 0 bridgehead atoms. The molecule has 0 saturated carbocycles. The fourth-order valence-corrected chi connectivity index (χ4v) is 2.07. The van der Waals surface area contributed by atoms with Crippen molar-refractivity contribution in [3.05, 3.63) is 6.42 Å². The minimum atomic E-state index is 0.451. The number of hydrogen-bond acceptors (Lipinski definition) is 2. The van der Waals surface area contributed by atoms with Crippen LogP contribution in [0.25, 0.3) is 0 Å². The Hall–Kier alpha value is -0.0800. The van der Waals surface area contributed by atoms with E-state index in [-0.39, 0.29) is 0 Å². The van der Waals surface area contributed by atoms with Gasteiger partial charge in [-0.15, -0.1) is 0 Å². The lowest BCUT2D eigenvalue weighted by Gasteiger charge is -2.36. The van der Waals surface area contributed by atoms with Crippen molar-refractivity contribution in [2.45, 2.75) is 38.3 Å². The first kappa shape index (κ1) is 8.52. The van der Waals surface area contributed by atoms with Gasteiger partial charge >= 0.3 is 0 Å². The van der Waals surface area contributed by atoms with Gasteiger partial charge in [-0.25, -0.2) is 0 Å². The highest BCUT2D eigenvalue weighted by Gasteiger charge is 2.22. The minimum absolute atomic E-state index is 0.451. The molecule has 69 valence electrons. The fraction of sp³-hybridized carbons (Fsp3) is 0.900. The second-order valence-electron chi connectivity index (χ2n) is 3.72. The molecule has 1 unspecified atom stereocenters. The van der Waals surface area contributed by atoms with E-state index in [1.165, 1.54) is 45.2 Å². The molecule has 0 aromatic heterocycles. The first-order chi connectivity index (χ1) is 5.97. The topological polar surface area (TPSA) is 12.5 Å². The van der Waals surface area contributed by atoms with Crippen LogP contribution in [-0.4, -0.2) is 30.8 Å². The third-order valence-electron chi connectivity index (χ3n) is 2.80. The molecule has 2 nitrogen and oxygen atoms in total. The van der Waals surface area contributed by atoms with Crippen LogP contribution in [0.15, 0.2) is 0 Å². The van der Waals surface area contributed by atoms with Gasteiger partial charge in [-0.1, -0.05) is 0 Å². The molecule has 12 heavy (non-hydrogen) atoms. The van der Waals surface area contributed by atoms with Crippen LogP contribution in [0.5, 0.6) is 0 Å². The van der Waals surface area contributed by atoms with Gasteiger partial charge in [-0.3, -0.25) is 4.90 Å². The van der Waals surface area contributed by atoms with E-state index in [0.717, 1.165) is 6.61 Å². The zero-order valence-electron chi connectivity index (χ0n) is 7.67. The average molecular weight is 168 g/mol. The molecule has 0 aromatic carbocycles. The SMILES string of the molecule is [CH]1CCN(C2CCCCO2)CC1. The van der Waals surface area contributed by atoms with Crippen LogP contribution in [0.3, 0.4) is 0 Å². The Morgan fingerprint density at radius 2 is 2.00 bits per heavy atom. The Labute approximate surface area is 74.9 Å². The van der Waals surface area contributed by atoms with Gasteiger partial charge in [0.1, 0.15) is 6.23 Å². The Balaban J connectivity index is 1.80. The smallest absolute Gasteiger partial charge is 0.110 e. The molecule has 0 aliphatic carbocycles. The normalized spacial score (nSPS) is 33.5. The summed E-state index contributed by atoms with van der Waals surface area (Å²) in [6, 6.07) is 0. The average Bonchev–Trinajstić information content (AvgIpc) is 2.21. The van der Waals surface area contributed by atoms with Crippen molar-refractivity contribution in [1.29, 1.82) is 0 Å². The summed E-state index contributed by atoms with van der Waals surface area (Å²) in [5.41, 5.74) is 0. The number of likely N-dealkylation sites (tertiary alicyclic amines) is 1. The molecule has 2 heteroatoms. The quantitative estimate of drug-likeness (QED) is 0.592. The fourth-order valence-electron chi connectivity index (χ4n) is 2.07. The molecule has 2 heterocycles. The molecule has 1 atom stereocenters. The molecule has 2 aliphatic rings. The van der Waals surface area contributed by atoms with Crippen LogP contribution >= 0.6 is 0 Å². The summed E-state index contributed by atoms with van der Waals surface area (Å²) in [5.74, 6) is 0. The summed E-state index contributed by atoms with van der Waals surface area (Å²) < 4.78 is 5.73. The third kappa shape index (κ3) is 1.99. The summed E-state index contributed by atoms with van der Waals surface area (Å²) in [4.78, 5) is 2.50. The lowest BCUT2D eigenvalue weighted by Crippen LogP contribution is -2.42. The molecule has 2 rings (SSSR count). The van der Waals surface area contributed by atoms with Gasteiger partial charge in [0.15, 0.2) is 0 Å². The minimum Gasteiger partial charge on any atom is -0.363 e. The van der Waals surface area contributed by atoms with E-state index >= 15 is 0 Å². The number of hydrogen-bond donors (Lipinski definition) is 0. The van der Waals surface area contributed by atoms with E-state index < -0.39 is 0 Å². The highest BCUT2D eigenvalue weighted by atomic mass is 16.5. The van der Waals surface area contributed by atoms with E-state index in [9.17, 15) is 0 Å². The maximum absolute atomic E-state index is 5.73. The van der Waals surface area contributed by atoms with Crippen molar-refractivity contribution in [2.75, 3.05) is 19.7 Å². The van der Waals surface area contributed by atoms with E-state index in [0.29, 0.717) is 6.23 Å². The molecule has 2 fully saturated rings. The second kappa shape index (κ2) is 4.24. The van der Waals surface area contributed by atoms with Crippen LogP contribution in [0, 0.1) is 6.42 Å². The number of ether oxygens (including phenoxy) is 1. The summed E-state index contributed by atoms with van der Waals surface area (Å²) in [7, 11) is 0. The molecule has 0 amide bonds. The Bertz CT molecular complexity index is 110. The lowest BCUT2D eigenvalue weighted by atomic mass is 10.1. The second-order valence-corrected chi connectivity index (χ2v) is 3.72. The van der Waals surface area contributed by atoms with Gasteiger partial charge in [0.25, 0.3) is 0 Å². The molecule has 0 aromatic rings. The predicted octanol–water partition coefficient (Wildman–Crippen LogP) is 1.81. The lowest BCUT2D eigenvalue weighted by molar-refractivity contribution is -0.0885. The van der Waals surface area contributed by atoms with Gasteiger partial charge in [-0.05, 0) is 38.5 Å². The van der Waals surface area contributed by atoms with E-state index in [1.54, 1.807) is 0 Å². The zero-order chi connectivity index (χ0) is 8.23.